The Hall–Kier alpha value is -3.13. The number of aromatic nitrogens is 1. The van der Waals surface area contributed by atoms with E-state index in [2.05, 4.69) is 15.0 Å². The molecule has 0 radical (unpaired) electrons. The summed E-state index contributed by atoms with van der Waals surface area (Å²) in [6.45, 7) is 0. The lowest BCUT2D eigenvalue weighted by molar-refractivity contribution is 0.102. The number of fused-ring (bicyclic) bond motifs is 1. The van der Waals surface area contributed by atoms with Gasteiger partial charge in [-0.2, -0.15) is 0 Å². The lowest BCUT2D eigenvalue weighted by atomic mass is 10.2. The van der Waals surface area contributed by atoms with Crippen LogP contribution in [-0.2, 0) is 10.0 Å². The Morgan fingerprint density at radius 1 is 1.08 bits per heavy atom. The molecule has 1 amide bonds. The molecular formula is C18H17N3O4S. The molecule has 1 aromatic heterocycles. The average Bonchev–Trinajstić information content (AvgIpc) is 2.61. The summed E-state index contributed by atoms with van der Waals surface area (Å²) in [6.07, 6.45) is 1.05. The highest BCUT2D eigenvalue weighted by molar-refractivity contribution is 7.92. The standard InChI is InChI=1S/C18H17N3O4S/c1-25-17-11-13(8-10-15(17)21-26(2,23)24)19-18(22)16-9-7-12-5-3-4-6-14(12)20-16/h3-11,21H,1-2H3,(H,19,22). The van der Waals surface area contributed by atoms with Gasteiger partial charge in [0.25, 0.3) is 5.91 Å². The van der Waals surface area contributed by atoms with Crippen molar-refractivity contribution in [2.75, 3.05) is 23.4 Å². The highest BCUT2D eigenvalue weighted by atomic mass is 32.2. The maximum atomic E-state index is 12.4. The minimum atomic E-state index is -3.44. The molecule has 0 atom stereocenters. The summed E-state index contributed by atoms with van der Waals surface area (Å²) in [7, 11) is -2.02. The van der Waals surface area contributed by atoms with Crippen LogP contribution in [0.5, 0.6) is 5.75 Å². The molecule has 0 unspecified atom stereocenters. The second kappa shape index (κ2) is 7.01. The van der Waals surface area contributed by atoms with Gasteiger partial charge >= 0.3 is 0 Å². The van der Waals surface area contributed by atoms with E-state index in [1.807, 2.05) is 30.3 Å². The Kier molecular flexibility index (Phi) is 4.77. The number of ether oxygens (including phenoxy) is 1. The van der Waals surface area contributed by atoms with Crippen molar-refractivity contribution in [3.63, 3.8) is 0 Å². The van der Waals surface area contributed by atoms with Gasteiger partial charge in [0.1, 0.15) is 11.4 Å². The molecule has 0 bridgehead atoms. The smallest absolute Gasteiger partial charge is 0.274 e. The zero-order valence-corrected chi connectivity index (χ0v) is 15.0. The molecule has 0 aliphatic carbocycles. The number of sulfonamides is 1. The zero-order chi connectivity index (χ0) is 18.7. The summed E-state index contributed by atoms with van der Waals surface area (Å²) in [5.41, 5.74) is 1.75. The van der Waals surface area contributed by atoms with Crippen LogP contribution in [0.15, 0.2) is 54.6 Å². The van der Waals surface area contributed by atoms with Gasteiger partial charge in [0, 0.05) is 17.1 Å². The van der Waals surface area contributed by atoms with Crippen LogP contribution in [0.1, 0.15) is 10.5 Å². The van der Waals surface area contributed by atoms with E-state index in [1.165, 1.54) is 19.2 Å². The number of nitrogens with one attached hydrogen (secondary N) is 2. The largest absolute Gasteiger partial charge is 0.494 e. The summed E-state index contributed by atoms with van der Waals surface area (Å²) in [6, 6.07) is 15.6. The van der Waals surface area contributed by atoms with Crippen molar-refractivity contribution in [3.8, 4) is 5.75 Å². The number of benzene rings is 2. The first kappa shape index (κ1) is 17.7. The number of nitrogens with zero attached hydrogens (tertiary/aromatic N) is 1. The number of rotatable bonds is 5. The topological polar surface area (TPSA) is 97.4 Å². The number of hydrogen-bond donors (Lipinski definition) is 2. The number of carbonyl (C=O) groups excluding carboxylic acids is 1. The number of hydrogen-bond acceptors (Lipinski definition) is 5. The van der Waals surface area contributed by atoms with Crippen LogP contribution < -0.4 is 14.8 Å². The van der Waals surface area contributed by atoms with E-state index < -0.39 is 10.0 Å². The fraction of sp³-hybridized carbons (Fsp3) is 0.111. The van der Waals surface area contributed by atoms with Crippen molar-refractivity contribution < 1.29 is 17.9 Å². The molecule has 3 aromatic rings. The van der Waals surface area contributed by atoms with Crippen LogP contribution in [0.3, 0.4) is 0 Å². The van der Waals surface area contributed by atoms with E-state index in [1.54, 1.807) is 12.1 Å². The van der Waals surface area contributed by atoms with E-state index >= 15 is 0 Å². The number of anilines is 2. The van der Waals surface area contributed by atoms with Crippen molar-refractivity contribution in [2.24, 2.45) is 0 Å². The number of methoxy groups -OCH3 is 1. The molecule has 2 N–H and O–H groups in total. The van der Waals surface area contributed by atoms with Gasteiger partial charge < -0.3 is 10.1 Å². The van der Waals surface area contributed by atoms with Gasteiger partial charge in [-0.15, -0.1) is 0 Å². The Bertz CT molecular complexity index is 1080. The highest BCUT2D eigenvalue weighted by Gasteiger charge is 2.12. The van der Waals surface area contributed by atoms with Crippen LogP contribution in [0, 0.1) is 0 Å². The maximum absolute atomic E-state index is 12.4. The molecule has 1 heterocycles. The monoisotopic (exact) mass is 371 g/mol. The van der Waals surface area contributed by atoms with Crippen molar-refractivity contribution in [1.82, 2.24) is 4.98 Å². The Morgan fingerprint density at radius 3 is 2.58 bits per heavy atom. The van der Waals surface area contributed by atoms with E-state index in [-0.39, 0.29) is 17.3 Å². The van der Waals surface area contributed by atoms with Gasteiger partial charge in [-0.25, -0.2) is 13.4 Å². The Balaban J connectivity index is 1.84. The molecule has 0 saturated carbocycles. The average molecular weight is 371 g/mol. The Labute approximate surface area is 151 Å². The molecule has 26 heavy (non-hydrogen) atoms. The van der Waals surface area contributed by atoms with Crippen molar-refractivity contribution in [1.29, 1.82) is 0 Å². The highest BCUT2D eigenvalue weighted by Crippen LogP contribution is 2.28. The third-order valence-corrected chi connectivity index (χ3v) is 4.18. The second-order valence-electron chi connectivity index (χ2n) is 5.63. The predicted molar refractivity (Wildman–Crippen MR) is 101 cm³/mol. The van der Waals surface area contributed by atoms with Gasteiger partial charge in [-0.1, -0.05) is 24.3 Å². The number of amides is 1. The first-order valence-corrected chi connectivity index (χ1v) is 9.58. The van der Waals surface area contributed by atoms with Gasteiger partial charge in [-0.3, -0.25) is 9.52 Å². The molecule has 3 rings (SSSR count). The summed E-state index contributed by atoms with van der Waals surface area (Å²) in [5.74, 6) is -0.0821. The van der Waals surface area contributed by atoms with E-state index in [0.717, 1.165) is 17.2 Å². The first-order valence-electron chi connectivity index (χ1n) is 7.69. The van der Waals surface area contributed by atoms with Crippen molar-refractivity contribution in [2.45, 2.75) is 0 Å². The summed E-state index contributed by atoms with van der Waals surface area (Å²) in [5, 5.41) is 3.68. The third-order valence-electron chi connectivity index (χ3n) is 3.59. The SMILES string of the molecule is COc1cc(NC(=O)c2ccc3ccccc3n2)ccc1NS(C)(=O)=O. The molecule has 0 aliphatic rings. The zero-order valence-electron chi connectivity index (χ0n) is 14.2. The molecule has 0 saturated heterocycles. The molecule has 7 nitrogen and oxygen atoms in total. The van der Waals surface area contributed by atoms with E-state index in [4.69, 9.17) is 4.74 Å². The molecular weight excluding hydrogens is 354 g/mol. The van der Waals surface area contributed by atoms with Gasteiger partial charge in [0.05, 0.1) is 24.6 Å². The van der Waals surface area contributed by atoms with Crippen LogP contribution in [-0.4, -0.2) is 32.7 Å². The second-order valence-corrected chi connectivity index (χ2v) is 7.38. The number of pyridine rings is 1. The predicted octanol–water partition coefficient (Wildman–Crippen LogP) is 2.87. The van der Waals surface area contributed by atoms with Crippen LogP contribution in [0.25, 0.3) is 10.9 Å². The van der Waals surface area contributed by atoms with Crippen molar-refractivity contribution >= 4 is 38.2 Å². The quantitative estimate of drug-likeness (QED) is 0.719. The molecule has 8 heteroatoms. The molecule has 2 aromatic carbocycles. The third kappa shape index (κ3) is 4.09. The number of carbonyl (C=O) groups is 1. The van der Waals surface area contributed by atoms with Crippen LogP contribution in [0.2, 0.25) is 0 Å². The summed E-state index contributed by atoms with van der Waals surface area (Å²) < 4.78 is 30.3. The summed E-state index contributed by atoms with van der Waals surface area (Å²) in [4.78, 5) is 16.8. The minimum absolute atomic E-state index is 0.279. The fourth-order valence-electron chi connectivity index (χ4n) is 2.44. The normalized spacial score (nSPS) is 11.2. The fourth-order valence-corrected chi connectivity index (χ4v) is 3.01. The van der Waals surface area contributed by atoms with E-state index in [0.29, 0.717) is 11.4 Å². The van der Waals surface area contributed by atoms with Crippen molar-refractivity contribution in [3.05, 3.63) is 60.3 Å². The van der Waals surface area contributed by atoms with E-state index in [9.17, 15) is 13.2 Å². The lowest BCUT2D eigenvalue weighted by Gasteiger charge is -2.12. The molecule has 0 spiro atoms. The Morgan fingerprint density at radius 2 is 1.85 bits per heavy atom. The molecule has 134 valence electrons. The summed E-state index contributed by atoms with van der Waals surface area (Å²) >= 11 is 0. The van der Waals surface area contributed by atoms with Gasteiger partial charge in [0.2, 0.25) is 10.0 Å². The first-order chi connectivity index (χ1) is 12.4. The van der Waals surface area contributed by atoms with Gasteiger partial charge in [0.15, 0.2) is 0 Å². The van der Waals surface area contributed by atoms with Crippen LogP contribution in [0.4, 0.5) is 11.4 Å². The van der Waals surface area contributed by atoms with Crippen LogP contribution >= 0.6 is 0 Å². The number of para-hydroxylation sites is 1. The molecule has 0 aliphatic heterocycles. The maximum Gasteiger partial charge on any atom is 0.274 e. The minimum Gasteiger partial charge on any atom is -0.494 e. The lowest BCUT2D eigenvalue weighted by Crippen LogP contribution is -2.14. The molecule has 0 fully saturated rings. The van der Waals surface area contributed by atoms with Gasteiger partial charge in [-0.05, 0) is 24.3 Å².